The molecule has 0 aromatic rings. The molecule has 6 atom stereocenters. The molecule has 0 spiro atoms. The maximum Gasteiger partial charge on any atom is 0.419 e. The second-order valence-electron chi connectivity index (χ2n) is 7.66. The second kappa shape index (κ2) is 6.50. The number of hydrogen-bond donors (Lipinski definition) is 1. The van der Waals surface area contributed by atoms with E-state index in [0.29, 0.717) is 13.0 Å². The molecule has 0 saturated carbocycles. The summed E-state index contributed by atoms with van der Waals surface area (Å²) >= 11 is 0. The number of hydrogen-bond acceptors (Lipinski definition) is 7. The normalized spacial score (nSPS) is 36.0. The van der Waals surface area contributed by atoms with E-state index in [0.717, 1.165) is 4.90 Å². The summed E-state index contributed by atoms with van der Waals surface area (Å²) in [5, 5.41) is 10.3. The molecule has 8 heteroatoms. The average Bonchev–Trinajstić information content (AvgIpc) is 3.01. The van der Waals surface area contributed by atoms with Gasteiger partial charge in [0.15, 0.2) is 18.1 Å². The van der Waals surface area contributed by atoms with Gasteiger partial charge in [0, 0.05) is 0 Å². The third kappa shape index (κ3) is 3.16. The van der Waals surface area contributed by atoms with Crippen LogP contribution in [-0.4, -0.2) is 65.0 Å². The van der Waals surface area contributed by atoms with Gasteiger partial charge in [-0.3, -0.25) is 4.79 Å². The Balaban J connectivity index is 1.80. The quantitative estimate of drug-likeness (QED) is 0.809. The zero-order valence-corrected chi connectivity index (χ0v) is 15.3. The molecule has 0 aromatic heterocycles. The predicted molar refractivity (Wildman–Crippen MR) is 85.3 cm³/mol. The van der Waals surface area contributed by atoms with Crippen LogP contribution in [0.5, 0.6) is 0 Å². The van der Waals surface area contributed by atoms with Crippen LogP contribution in [0.15, 0.2) is 0 Å². The van der Waals surface area contributed by atoms with E-state index >= 15 is 0 Å². The van der Waals surface area contributed by atoms with Crippen molar-refractivity contribution in [3.63, 3.8) is 0 Å². The van der Waals surface area contributed by atoms with E-state index in [2.05, 4.69) is 0 Å². The maximum atomic E-state index is 12.9. The lowest BCUT2D eigenvalue weighted by Gasteiger charge is -2.37. The van der Waals surface area contributed by atoms with Crippen molar-refractivity contribution in [2.24, 2.45) is 11.8 Å². The molecule has 0 bridgehead atoms. The van der Waals surface area contributed by atoms with Crippen molar-refractivity contribution in [3.05, 3.63) is 0 Å². The number of aliphatic hydroxyl groups excluding tert-OH is 1. The van der Waals surface area contributed by atoms with Crippen molar-refractivity contribution >= 4 is 12.0 Å². The molecular formula is C17H27NO7. The van der Waals surface area contributed by atoms with E-state index in [1.807, 2.05) is 20.8 Å². The highest BCUT2D eigenvalue weighted by Gasteiger charge is 2.61. The van der Waals surface area contributed by atoms with E-state index in [1.165, 1.54) is 0 Å². The Hall–Kier alpha value is -1.22. The number of ether oxygens (including phenoxy) is 4. The average molecular weight is 357 g/mol. The number of carbonyl (C=O) groups excluding carboxylic acids is 2. The van der Waals surface area contributed by atoms with Crippen LogP contribution in [0, 0.1) is 11.8 Å². The van der Waals surface area contributed by atoms with Gasteiger partial charge >= 0.3 is 6.09 Å². The Morgan fingerprint density at radius 2 is 2.04 bits per heavy atom. The van der Waals surface area contributed by atoms with Crippen LogP contribution >= 0.6 is 0 Å². The Bertz CT molecular complexity index is 549. The van der Waals surface area contributed by atoms with Gasteiger partial charge < -0.3 is 24.1 Å². The van der Waals surface area contributed by atoms with Crippen LogP contribution < -0.4 is 0 Å². The first kappa shape index (κ1) is 18.6. The van der Waals surface area contributed by atoms with Gasteiger partial charge in [0.2, 0.25) is 5.91 Å². The first-order valence-corrected chi connectivity index (χ1v) is 8.85. The second-order valence-corrected chi connectivity index (χ2v) is 7.66. The van der Waals surface area contributed by atoms with E-state index < -0.39 is 54.3 Å². The standard InChI is InChI=1S/C17H27NO7/c1-6-9(11(19)8(2)3)14(20)18-15-13(24-16(18)21)12-10(23-15)7-22-17(4,5)25-12/h8-13,15,19H,6-7H2,1-5H3/t9-,10-,11+,12+,13-,15+/m1/s1. The first-order chi connectivity index (χ1) is 11.7. The summed E-state index contributed by atoms with van der Waals surface area (Å²) in [6, 6.07) is 0. The smallest absolute Gasteiger partial charge is 0.419 e. The van der Waals surface area contributed by atoms with Crippen LogP contribution in [0.1, 0.15) is 41.0 Å². The molecule has 8 nitrogen and oxygen atoms in total. The topological polar surface area (TPSA) is 94.5 Å². The van der Waals surface area contributed by atoms with Gasteiger partial charge in [0.1, 0.15) is 12.2 Å². The summed E-state index contributed by atoms with van der Waals surface area (Å²) in [6.07, 6.45) is -3.59. The molecule has 3 saturated heterocycles. The lowest BCUT2D eigenvalue weighted by molar-refractivity contribution is -0.301. The van der Waals surface area contributed by atoms with Gasteiger partial charge in [-0.25, -0.2) is 9.69 Å². The molecule has 0 radical (unpaired) electrons. The maximum absolute atomic E-state index is 12.9. The predicted octanol–water partition coefficient (Wildman–Crippen LogP) is 1.25. The molecule has 142 valence electrons. The minimum Gasteiger partial charge on any atom is -0.438 e. The number of rotatable bonds is 4. The van der Waals surface area contributed by atoms with E-state index in [9.17, 15) is 14.7 Å². The molecule has 25 heavy (non-hydrogen) atoms. The van der Waals surface area contributed by atoms with Crippen LogP contribution in [0.2, 0.25) is 0 Å². The molecule has 3 rings (SSSR count). The van der Waals surface area contributed by atoms with Crippen LogP contribution in [0.25, 0.3) is 0 Å². The fourth-order valence-electron chi connectivity index (χ4n) is 3.66. The number of carbonyl (C=O) groups is 2. The highest BCUT2D eigenvalue weighted by atomic mass is 16.8. The summed E-state index contributed by atoms with van der Waals surface area (Å²) in [5.74, 6) is -2.07. The number of amides is 2. The van der Waals surface area contributed by atoms with Gasteiger partial charge in [-0.05, 0) is 26.2 Å². The number of nitrogens with zero attached hydrogens (tertiary/aromatic N) is 1. The molecule has 3 aliphatic heterocycles. The highest BCUT2D eigenvalue weighted by Crippen LogP contribution is 2.40. The summed E-state index contributed by atoms with van der Waals surface area (Å²) in [6.45, 7) is 9.34. The molecule has 3 heterocycles. The molecule has 0 aliphatic carbocycles. The Morgan fingerprint density at radius 1 is 1.36 bits per heavy atom. The van der Waals surface area contributed by atoms with E-state index in [4.69, 9.17) is 18.9 Å². The van der Waals surface area contributed by atoms with Crippen molar-refractivity contribution in [1.29, 1.82) is 0 Å². The molecule has 0 aromatic carbocycles. The van der Waals surface area contributed by atoms with Crippen molar-refractivity contribution in [2.75, 3.05) is 6.61 Å². The van der Waals surface area contributed by atoms with Crippen molar-refractivity contribution in [3.8, 4) is 0 Å². The molecule has 3 aliphatic rings. The number of fused-ring (bicyclic) bond motifs is 3. The molecule has 0 unspecified atom stereocenters. The largest absolute Gasteiger partial charge is 0.438 e. The van der Waals surface area contributed by atoms with E-state index in [-0.39, 0.29) is 5.92 Å². The Morgan fingerprint density at radius 3 is 2.64 bits per heavy atom. The number of imide groups is 1. The van der Waals surface area contributed by atoms with E-state index in [1.54, 1.807) is 13.8 Å². The fourth-order valence-corrected chi connectivity index (χ4v) is 3.66. The van der Waals surface area contributed by atoms with Gasteiger partial charge in [-0.2, -0.15) is 0 Å². The summed E-state index contributed by atoms with van der Waals surface area (Å²) in [4.78, 5) is 26.2. The first-order valence-electron chi connectivity index (χ1n) is 8.85. The monoisotopic (exact) mass is 357 g/mol. The molecular weight excluding hydrogens is 330 g/mol. The van der Waals surface area contributed by atoms with Gasteiger partial charge in [-0.1, -0.05) is 20.8 Å². The molecule has 2 amide bonds. The highest BCUT2D eigenvalue weighted by molar-refractivity contribution is 5.95. The zero-order chi connectivity index (χ0) is 18.5. The minimum atomic E-state index is -0.846. The van der Waals surface area contributed by atoms with Gasteiger partial charge in [0.25, 0.3) is 0 Å². The van der Waals surface area contributed by atoms with Crippen LogP contribution in [0.4, 0.5) is 4.79 Å². The van der Waals surface area contributed by atoms with Gasteiger partial charge in [-0.15, -0.1) is 0 Å². The summed E-state index contributed by atoms with van der Waals surface area (Å²) in [7, 11) is 0. The van der Waals surface area contributed by atoms with Crippen molar-refractivity contribution in [1.82, 2.24) is 4.90 Å². The Kier molecular flexibility index (Phi) is 4.83. The van der Waals surface area contributed by atoms with Crippen molar-refractivity contribution < 1.29 is 33.6 Å². The third-order valence-corrected chi connectivity index (χ3v) is 5.08. The fraction of sp³-hybridized carbons (Fsp3) is 0.882. The Labute approximate surface area is 147 Å². The zero-order valence-electron chi connectivity index (χ0n) is 15.3. The van der Waals surface area contributed by atoms with Gasteiger partial charge in [0.05, 0.1) is 18.6 Å². The van der Waals surface area contributed by atoms with Crippen LogP contribution in [0.3, 0.4) is 0 Å². The third-order valence-electron chi connectivity index (χ3n) is 5.08. The molecule has 3 fully saturated rings. The minimum absolute atomic E-state index is 0.104. The van der Waals surface area contributed by atoms with Crippen molar-refractivity contribution in [2.45, 2.75) is 77.5 Å². The lowest BCUT2D eigenvalue weighted by atomic mass is 9.90. The SMILES string of the molecule is CC[C@@H](C(=O)N1C(=O)O[C@@H]2[C@H]3OC(C)(C)OC[C@H]3O[C@@H]21)[C@@H](O)C(C)C. The summed E-state index contributed by atoms with van der Waals surface area (Å²) in [5.41, 5.74) is 0. The lowest BCUT2D eigenvalue weighted by Crippen LogP contribution is -2.50. The number of aliphatic hydroxyl groups is 1. The molecule has 1 N–H and O–H groups in total. The summed E-state index contributed by atoms with van der Waals surface area (Å²) < 4.78 is 22.7. The van der Waals surface area contributed by atoms with Crippen LogP contribution in [-0.2, 0) is 23.7 Å².